The molecule has 0 saturated carbocycles. The largest absolute Gasteiger partial charge is 0.465 e. The predicted molar refractivity (Wildman–Crippen MR) is 68.7 cm³/mol. The molecule has 1 aromatic rings. The van der Waals surface area contributed by atoms with E-state index in [9.17, 15) is 4.79 Å². The Bertz CT molecular complexity index is 440. The van der Waals surface area contributed by atoms with Crippen molar-refractivity contribution < 1.29 is 9.53 Å². The zero-order chi connectivity index (χ0) is 13.1. The number of rotatable bonds is 2. The molecule has 1 aliphatic rings. The molecule has 0 bridgehead atoms. The first-order chi connectivity index (χ1) is 8.61. The van der Waals surface area contributed by atoms with E-state index < -0.39 is 0 Å². The molecule has 0 aliphatic carbocycles. The number of aryl methyl sites for hydroxylation is 1. The standard InChI is InChI=1S/C13H19N3O2/c1-9-4-6-16(7-5-9)13-14-8-11(10(2)15-13)12(17)18-3/h8-9H,4-7H2,1-3H3. The molecule has 0 N–H and O–H groups in total. The van der Waals surface area contributed by atoms with Crippen LogP contribution in [0.3, 0.4) is 0 Å². The number of hydrogen-bond donors (Lipinski definition) is 0. The Balaban J connectivity index is 2.16. The van der Waals surface area contributed by atoms with Gasteiger partial charge in [-0.05, 0) is 25.7 Å². The van der Waals surface area contributed by atoms with E-state index >= 15 is 0 Å². The van der Waals surface area contributed by atoms with Crippen LogP contribution in [0.4, 0.5) is 5.95 Å². The molecule has 1 fully saturated rings. The second kappa shape index (κ2) is 5.33. The van der Waals surface area contributed by atoms with Crippen LogP contribution in [-0.2, 0) is 4.74 Å². The molecular formula is C13H19N3O2. The lowest BCUT2D eigenvalue weighted by Crippen LogP contribution is -2.34. The van der Waals surface area contributed by atoms with Gasteiger partial charge in [-0.25, -0.2) is 14.8 Å². The van der Waals surface area contributed by atoms with Crippen molar-refractivity contribution >= 4 is 11.9 Å². The molecule has 0 unspecified atom stereocenters. The van der Waals surface area contributed by atoms with Gasteiger partial charge in [-0.3, -0.25) is 0 Å². The number of methoxy groups -OCH3 is 1. The number of piperidine rings is 1. The van der Waals surface area contributed by atoms with Gasteiger partial charge in [0.25, 0.3) is 0 Å². The molecule has 0 spiro atoms. The van der Waals surface area contributed by atoms with Crippen molar-refractivity contribution in [3.63, 3.8) is 0 Å². The zero-order valence-corrected chi connectivity index (χ0v) is 11.1. The van der Waals surface area contributed by atoms with Crippen molar-refractivity contribution in [1.29, 1.82) is 0 Å². The predicted octanol–water partition coefficient (Wildman–Crippen LogP) is 1.81. The first kappa shape index (κ1) is 12.8. The first-order valence-corrected chi connectivity index (χ1v) is 6.28. The summed E-state index contributed by atoms with van der Waals surface area (Å²) >= 11 is 0. The SMILES string of the molecule is COC(=O)c1cnc(N2CCC(C)CC2)nc1C. The molecular weight excluding hydrogens is 230 g/mol. The van der Waals surface area contributed by atoms with Gasteiger partial charge < -0.3 is 9.64 Å². The van der Waals surface area contributed by atoms with E-state index in [0.717, 1.165) is 19.0 Å². The van der Waals surface area contributed by atoms with Gasteiger partial charge in [0.2, 0.25) is 5.95 Å². The number of anilines is 1. The summed E-state index contributed by atoms with van der Waals surface area (Å²) in [6.45, 7) is 6.05. The van der Waals surface area contributed by atoms with Crippen LogP contribution in [0.1, 0.15) is 35.8 Å². The zero-order valence-electron chi connectivity index (χ0n) is 11.1. The summed E-state index contributed by atoms with van der Waals surface area (Å²) in [5.41, 5.74) is 1.11. The number of nitrogens with zero attached hydrogens (tertiary/aromatic N) is 3. The van der Waals surface area contributed by atoms with E-state index in [1.807, 2.05) is 6.92 Å². The summed E-state index contributed by atoms with van der Waals surface area (Å²) in [7, 11) is 1.36. The van der Waals surface area contributed by atoms with E-state index in [1.54, 1.807) is 6.20 Å². The Labute approximate surface area is 107 Å². The summed E-state index contributed by atoms with van der Waals surface area (Å²) in [5, 5.41) is 0. The van der Waals surface area contributed by atoms with Crippen molar-refractivity contribution in [2.75, 3.05) is 25.1 Å². The second-order valence-electron chi connectivity index (χ2n) is 4.83. The molecule has 1 aromatic heterocycles. The van der Waals surface area contributed by atoms with Gasteiger partial charge in [-0.15, -0.1) is 0 Å². The van der Waals surface area contributed by atoms with Crippen LogP contribution in [0.25, 0.3) is 0 Å². The fourth-order valence-corrected chi connectivity index (χ4v) is 2.13. The molecule has 0 aromatic carbocycles. The highest BCUT2D eigenvalue weighted by molar-refractivity contribution is 5.90. The van der Waals surface area contributed by atoms with Crippen LogP contribution in [-0.4, -0.2) is 36.1 Å². The lowest BCUT2D eigenvalue weighted by molar-refractivity contribution is 0.0599. The molecule has 2 rings (SSSR count). The molecule has 98 valence electrons. The average molecular weight is 249 g/mol. The molecule has 2 heterocycles. The van der Waals surface area contributed by atoms with Crippen LogP contribution in [0, 0.1) is 12.8 Å². The maximum atomic E-state index is 11.4. The van der Waals surface area contributed by atoms with Gasteiger partial charge in [0.1, 0.15) is 0 Å². The third-order valence-electron chi connectivity index (χ3n) is 3.44. The number of ether oxygens (including phenoxy) is 1. The van der Waals surface area contributed by atoms with E-state index in [4.69, 9.17) is 0 Å². The van der Waals surface area contributed by atoms with Crippen molar-refractivity contribution in [3.8, 4) is 0 Å². The number of carbonyl (C=O) groups excluding carboxylic acids is 1. The van der Waals surface area contributed by atoms with Crippen molar-refractivity contribution in [2.45, 2.75) is 26.7 Å². The van der Waals surface area contributed by atoms with Gasteiger partial charge in [-0.2, -0.15) is 0 Å². The summed E-state index contributed by atoms with van der Waals surface area (Å²) in [6.07, 6.45) is 3.89. The molecule has 1 aliphatic heterocycles. The summed E-state index contributed by atoms with van der Waals surface area (Å²) in [5.74, 6) is 1.11. The molecule has 0 atom stereocenters. The minimum absolute atomic E-state index is 0.383. The third kappa shape index (κ3) is 2.60. The van der Waals surface area contributed by atoms with Gasteiger partial charge in [-0.1, -0.05) is 6.92 Å². The van der Waals surface area contributed by atoms with Crippen LogP contribution >= 0.6 is 0 Å². The maximum absolute atomic E-state index is 11.4. The minimum Gasteiger partial charge on any atom is -0.465 e. The number of hydrogen-bond acceptors (Lipinski definition) is 5. The van der Waals surface area contributed by atoms with Gasteiger partial charge in [0.15, 0.2) is 0 Å². The maximum Gasteiger partial charge on any atom is 0.341 e. The van der Waals surface area contributed by atoms with Gasteiger partial charge >= 0.3 is 5.97 Å². The smallest absolute Gasteiger partial charge is 0.341 e. The monoisotopic (exact) mass is 249 g/mol. The van der Waals surface area contributed by atoms with E-state index in [0.29, 0.717) is 17.2 Å². The van der Waals surface area contributed by atoms with E-state index in [-0.39, 0.29) is 5.97 Å². The Morgan fingerprint density at radius 1 is 1.44 bits per heavy atom. The molecule has 1 saturated heterocycles. The fourth-order valence-electron chi connectivity index (χ4n) is 2.13. The van der Waals surface area contributed by atoms with Crippen molar-refractivity contribution in [3.05, 3.63) is 17.5 Å². The Morgan fingerprint density at radius 3 is 2.67 bits per heavy atom. The topological polar surface area (TPSA) is 55.3 Å². The highest BCUT2D eigenvalue weighted by Crippen LogP contribution is 2.20. The molecule has 0 amide bonds. The van der Waals surface area contributed by atoms with Crippen LogP contribution < -0.4 is 4.90 Å². The average Bonchev–Trinajstić information content (AvgIpc) is 2.38. The second-order valence-corrected chi connectivity index (χ2v) is 4.83. The third-order valence-corrected chi connectivity index (χ3v) is 3.44. The number of aromatic nitrogens is 2. The lowest BCUT2D eigenvalue weighted by Gasteiger charge is -2.30. The first-order valence-electron chi connectivity index (χ1n) is 6.28. The highest BCUT2D eigenvalue weighted by atomic mass is 16.5. The number of carbonyl (C=O) groups is 1. The van der Waals surface area contributed by atoms with Gasteiger partial charge in [0, 0.05) is 19.3 Å². The summed E-state index contributed by atoms with van der Waals surface area (Å²) in [4.78, 5) is 22.3. The quantitative estimate of drug-likeness (QED) is 0.748. The van der Waals surface area contributed by atoms with Gasteiger partial charge in [0.05, 0.1) is 18.4 Å². The lowest BCUT2D eigenvalue weighted by atomic mass is 10.00. The minimum atomic E-state index is -0.383. The molecule has 5 nitrogen and oxygen atoms in total. The summed E-state index contributed by atoms with van der Waals surface area (Å²) < 4.78 is 4.68. The van der Waals surface area contributed by atoms with Crippen molar-refractivity contribution in [2.24, 2.45) is 5.92 Å². The highest BCUT2D eigenvalue weighted by Gasteiger charge is 2.19. The number of esters is 1. The molecule has 0 radical (unpaired) electrons. The van der Waals surface area contributed by atoms with Crippen LogP contribution in [0.5, 0.6) is 0 Å². The molecule has 5 heteroatoms. The van der Waals surface area contributed by atoms with Crippen LogP contribution in [0.15, 0.2) is 6.20 Å². The van der Waals surface area contributed by atoms with E-state index in [2.05, 4.69) is 26.5 Å². The van der Waals surface area contributed by atoms with Crippen molar-refractivity contribution in [1.82, 2.24) is 9.97 Å². The normalized spacial score (nSPS) is 16.7. The van der Waals surface area contributed by atoms with E-state index in [1.165, 1.54) is 20.0 Å². The summed E-state index contributed by atoms with van der Waals surface area (Å²) in [6, 6.07) is 0. The van der Waals surface area contributed by atoms with Crippen LogP contribution in [0.2, 0.25) is 0 Å². The Kier molecular flexibility index (Phi) is 3.79. The Morgan fingerprint density at radius 2 is 2.11 bits per heavy atom. The molecule has 18 heavy (non-hydrogen) atoms. The Hall–Kier alpha value is -1.65. The fraction of sp³-hybridized carbons (Fsp3) is 0.615.